The Bertz CT molecular complexity index is 921. The monoisotopic (exact) mass is 348 g/mol. The van der Waals surface area contributed by atoms with Crippen LogP contribution in [0.15, 0.2) is 44.9 Å². The molecule has 0 spiro atoms. The Morgan fingerprint density at radius 1 is 1.26 bits per heavy atom. The maximum atomic E-state index is 12.5. The molecule has 23 heavy (non-hydrogen) atoms. The molecule has 1 aliphatic rings. The van der Waals surface area contributed by atoms with E-state index in [1.54, 1.807) is 25.1 Å². The largest absolute Gasteiger partial charge is 0.430 e. The minimum atomic E-state index is -0.846. The average molecular weight is 349 g/mol. The molecule has 0 fully saturated rings. The van der Waals surface area contributed by atoms with E-state index < -0.39 is 5.92 Å². The van der Waals surface area contributed by atoms with E-state index in [0.29, 0.717) is 21.4 Å². The molecule has 7 heteroatoms. The maximum Gasteiger partial charge on any atom is 0.299 e. The number of ether oxygens (including phenoxy) is 1. The number of nitrogens with zero attached hydrogens (tertiary/aromatic N) is 1. The van der Waals surface area contributed by atoms with E-state index in [2.05, 4.69) is 0 Å². The van der Waals surface area contributed by atoms with Gasteiger partial charge in [0.25, 0.3) is 5.95 Å². The molecule has 5 nitrogen and oxygen atoms in total. The van der Waals surface area contributed by atoms with E-state index in [1.165, 1.54) is 6.07 Å². The Hall–Kier alpha value is -2.42. The molecule has 1 atom stereocenters. The number of fused-ring (bicyclic) bond motifs is 1. The van der Waals surface area contributed by atoms with Crippen molar-refractivity contribution >= 4 is 23.2 Å². The summed E-state index contributed by atoms with van der Waals surface area (Å²) in [5.74, 6) is -0.671. The van der Waals surface area contributed by atoms with E-state index in [0.717, 1.165) is 0 Å². The van der Waals surface area contributed by atoms with E-state index in [9.17, 15) is 10.1 Å². The summed E-state index contributed by atoms with van der Waals surface area (Å²) in [5, 5.41) is 10.1. The molecule has 0 radical (unpaired) electrons. The van der Waals surface area contributed by atoms with Gasteiger partial charge in [0.15, 0.2) is 5.43 Å². The van der Waals surface area contributed by atoms with Crippen molar-refractivity contribution in [1.82, 2.24) is 0 Å². The van der Waals surface area contributed by atoms with Gasteiger partial charge in [-0.2, -0.15) is 5.26 Å². The van der Waals surface area contributed by atoms with Crippen LogP contribution >= 0.6 is 23.2 Å². The van der Waals surface area contributed by atoms with E-state index >= 15 is 0 Å². The van der Waals surface area contributed by atoms with Gasteiger partial charge in [0.05, 0.1) is 11.5 Å². The number of halogens is 2. The van der Waals surface area contributed by atoms with Crippen molar-refractivity contribution in [3.05, 3.63) is 72.9 Å². The average Bonchev–Trinajstić information content (AvgIpc) is 2.46. The van der Waals surface area contributed by atoms with Crippen LogP contribution in [-0.2, 0) is 0 Å². The van der Waals surface area contributed by atoms with Gasteiger partial charge in [-0.05, 0) is 19.1 Å². The molecule has 1 aliphatic heterocycles. The molecule has 2 aromatic rings. The normalized spacial score (nSPS) is 16.5. The molecule has 0 saturated heterocycles. The molecular weight excluding hydrogens is 339 g/mol. The molecule has 0 unspecified atom stereocenters. The summed E-state index contributed by atoms with van der Waals surface area (Å²) in [6, 6.07) is 8.21. The summed E-state index contributed by atoms with van der Waals surface area (Å²) in [7, 11) is 0. The van der Waals surface area contributed by atoms with Crippen LogP contribution in [-0.4, -0.2) is 0 Å². The first-order valence-electron chi connectivity index (χ1n) is 6.60. The van der Waals surface area contributed by atoms with Crippen LogP contribution in [0.1, 0.15) is 22.8 Å². The summed E-state index contributed by atoms with van der Waals surface area (Å²) in [6.45, 7) is 1.61. The van der Waals surface area contributed by atoms with Crippen LogP contribution < -0.4 is 15.9 Å². The summed E-state index contributed by atoms with van der Waals surface area (Å²) in [6.07, 6.45) is 0. The smallest absolute Gasteiger partial charge is 0.299 e. The summed E-state index contributed by atoms with van der Waals surface area (Å²) >= 11 is 12.5. The maximum absolute atomic E-state index is 12.5. The third-order valence-corrected chi connectivity index (χ3v) is 4.19. The van der Waals surface area contributed by atoms with E-state index in [1.807, 2.05) is 6.07 Å². The lowest BCUT2D eigenvalue weighted by Crippen LogP contribution is -2.26. The molecule has 116 valence electrons. The van der Waals surface area contributed by atoms with Gasteiger partial charge in [-0.3, -0.25) is 4.79 Å². The molecular formula is C16H10Cl2N2O3. The molecule has 0 amide bonds. The second-order valence-electron chi connectivity index (χ2n) is 4.98. The van der Waals surface area contributed by atoms with Gasteiger partial charge < -0.3 is 14.9 Å². The second kappa shape index (κ2) is 5.65. The van der Waals surface area contributed by atoms with Crippen molar-refractivity contribution < 1.29 is 9.15 Å². The molecule has 0 saturated carbocycles. The van der Waals surface area contributed by atoms with Crippen LogP contribution in [0.25, 0.3) is 0 Å². The number of nitrogens with two attached hydrogens (primary N) is 1. The predicted octanol–water partition coefficient (Wildman–Crippen LogP) is 3.47. The number of nitriles is 1. The topological polar surface area (TPSA) is 89.2 Å². The molecule has 1 aromatic carbocycles. The molecule has 1 aromatic heterocycles. The molecule has 0 bridgehead atoms. The fraction of sp³-hybridized carbons (Fsp3) is 0.125. The predicted molar refractivity (Wildman–Crippen MR) is 85.5 cm³/mol. The van der Waals surface area contributed by atoms with Gasteiger partial charge in [-0.1, -0.05) is 29.3 Å². The Labute approximate surface area is 141 Å². The quantitative estimate of drug-likeness (QED) is 0.851. The Morgan fingerprint density at radius 2 is 1.91 bits per heavy atom. The second-order valence-corrected chi connectivity index (χ2v) is 5.80. The van der Waals surface area contributed by atoms with Crippen molar-refractivity contribution in [3.8, 4) is 12.0 Å². The lowest BCUT2D eigenvalue weighted by atomic mass is 9.84. The van der Waals surface area contributed by atoms with Crippen molar-refractivity contribution in [2.75, 3.05) is 0 Å². The van der Waals surface area contributed by atoms with Gasteiger partial charge in [0.2, 0.25) is 5.88 Å². The fourth-order valence-corrected chi connectivity index (χ4v) is 3.18. The zero-order valence-corrected chi connectivity index (χ0v) is 13.4. The highest BCUT2D eigenvalue weighted by molar-refractivity contribution is 6.36. The van der Waals surface area contributed by atoms with Crippen LogP contribution in [0, 0.1) is 18.3 Å². The zero-order chi connectivity index (χ0) is 16.7. The number of hydrogen-bond acceptors (Lipinski definition) is 5. The number of aryl methyl sites for hydroxylation is 1. The molecule has 2 N–H and O–H groups in total. The first-order valence-corrected chi connectivity index (χ1v) is 7.35. The zero-order valence-electron chi connectivity index (χ0n) is 11.9. The van der Waals surface area contributed by atoms with Crippen LogP contribution in [0.5, 0.6) is 5.95 Å². The summed E-state index contributed by atoms with van der Waals surface area (Å²) < 4.78 is 10.8. The third-order valence-electron chi connectivity index (χ3n) is 3.53. The first kappa shape index (κ1) is 15.5. The highest BCUT2D eigenvalue weighted by Crippen LogP contribution is 2.45. The van der Waals surface area contributed by atoms with Crippen molar-refractivity contribution in [1.29, 1.82) is 5.26 Å². The van der Waals surface area contributed by atoms with E-state index in [-0.39, 0.29) is 28.4 Å². The SMILES string of the molecule is Cc1cc(=O)c2c(o1)OC(N)=C(C#N)[C@@H]2c1c(Cl)cccc1Cl. The lowest BCUT2D eigenvalue weighted by molar-refractivity contribution is 0.275. The molecule has 3 rings (SSSR count). The van der Waals surface area contributed by atoms with Gasteiger partial charge in [0.1, 0.15) is 17.4 Å². The van der Waals surface area contributed by atoms with E-state index in [4.69, 9.17) is 38.1 Å². The Kier molecular flexibility index (Phi) is 3.80. The number of benzene rings is 1. The Morgan fingerprint density at radius 3 is 2.52 bits per heavy atom. The van der Waals surface area contributed by atoms with Crippen LogP contribution in [0.4, 0.5) is 0 Å². The standard InChI is InChI=1S/C16H10Cl2N2O3/c1-7-5-11(21)14-12(13-9(17)3-2-4-10(13)18)8(6-19)15(20)23-16(14)22-7/h2-5,12H,20H2,1H3/t12-/m1/s1. The highest BCUT2D eigenvalue weighted by atomic mass is 35.5. The summed E-state index contributed by atoms with van der Waals surface area (Å²) in [5.41, 5.74) is 6.10. The van der Waals surface area contributed by atoms with Crippen LogP contribution in [0.2, 0.25) is 10.0 Å². The third kappa shape index (κ3) is 2.46. The van der Waals surface area contributed by atoms with Gasteiger partial charge in [-0.25, -0.2) is 0 Å². The van der Waals surface area contributed by atoms with Crippen molar-refractivity contribution in [2.45, 2.75) is 12.8 Å². The molecule has 0 aliphatic carbocycles. The van der Waals surface area contributed by atoms with Gasteiger partial charge >= 0.3 is 0 Å². The summed E-state index contributed by atoms with van der Waals surface area (Å²) in [4.78, 5) is 12.5. The van der Waals surface area contributed by atoms with Gasteiger partial charge in [0, 0.05) is 21.7 Å². The fourth-order valence-electron chi connectivity index (χ4n) is 2.57. The minimum Gasteiger partial charge on any atom is -0.430 e. The number of rotatable bonds is 1. The number of allylic oxidation sites excluding steroid dienone is 1. The Balaban J connectivity index is 2.40. The lowest BCUT2D eigenvalue weighted by Gasteiger charge is -2.25. The van der Waals surface area contributed by atoms with Gasteiger partial charge in [-0.15, -0.1) is 0 Å². The highest BCUT2D eigenvalue weighted by Gasteiger charge is 2.37. The first-order chi connectivity index (χ1) is 10.9. The van der Waals surface area contributed by atoms with Crippen molar-refractivity contribution in [2.24, 2.45) is 5.73 Å². The van der Waals surface area contributed by atoms with Crippen LogP contribution in [0.3, 0.4) is 0 Å². The number of hydrogen-bond donors (Lipinski definition) is 1. The molecule has 2 heterocycles. The van der Waals surface area contributed by atoms with Crippen molar-refractivity contribution in [3.63, 3.8) is 0 Å². The minimum absolute atomic E-state index is 0.0486.